The second-order valence-electron chi connectivity index (χ2n) is 8.98. The Bertz CT molecular complexity index is 1150. The number of hydrogen-bond acceptors (Lipinski definition) is 5. The van der Waals surface area contributed by atoms with Crippen molar-refractivity contribution >= 4 is 23.4 Å². The number of Topliss-reactive ketones (excluding diaryl/α,β-unsaturated/α-hetero) is 1. The van der Waals surface area contributed by atoms with Gasteiger partial charge >= 0.3 is 6.03 Å². The molecule has 8 nitrogen and oxygen atoms in total. The Morgan fingerprint density at radius 1 is 1.09 bits per heavy atom. The summed E-state index contributed by atoms with van der Waals surface area (Å²) in [6, 6.07) is 8.00. The van der Waals surface area contributed by atoms with Crippen molar-refractivity contribution < 1.29 is 28.3 Å². The molecule has 35 heavy (non-hydrogen) atoms. The molecule has 10 heteroatoms. The molecule has 0 radical (unpaired) electrons. The number of fused-ring (bicyclic) bond motifs is 1. The van der Waals surface area contributed by atoms with Crippen LogP contribution in [0.5, 0.6) is 0 Å². The van der Waals surface area contributed by atoms with Crippen LogP contribution in [0.2, 0.25) is 0 Å². The van der Waals surface area contributed by atoms with Crippen LogP contribution in [0.1, 0.15) is 45.5 Å². The van der Waals surface area contributed by atoms with E-state index in [1.54, 1.807) is 11.0 Å². The first-order valence-corrected chi connectivity index (χ1v) is 11.5. The molecule has 0 unspecified atom stereocenters. The normalized spacial score (nSPS) is 16.7. The number of piperidine rings is 1. The van der Waals surface area contributed by atoms with Gasteiger partial charge in [-0.05, 0) is 48.7 Å². The zero-order chi connectivity index (χ0) is 25.2. The van der Waals surface area contributed by atoms with E-state index in [0.29, 0.717) is 42.7 Å². The Labute approximate surface area is 201 Å². The molecular formula is C25H28F2N4O4. The quantitative estimate of drug-likeness (QED) is 0.603. The minimum absolute atomic E-state index is 0.0128. The molecule has 2 aliphatic heterocycles. The van der Waals surface area contributed by atoms with Crippen LogP contribution >= 0.6 is 0 Å². The number of hydrogen-bond donors (Lipinski definition) is 3. The van der Waals surface area contributed by atoms with Gasteiger partial charge in [-0.25, -0.2) is 13.6 Å². The van der Waals surface area contributed by atoms with Crippen molar-refractivity contribution in [2.24, 2.45) is 0 Å². The molecule has 3 N–H and O–H groups in total. The fourth-order valence-electron chi connectivity index (χ4n) is 4.84. The number of urea groups is 1. The number of nitrogens with one attached hydrogen (secondary N) is 2. The second-order valence-corrected chi connectivity index (χ2v) is 8.98. The predicted octanol–water partition coefficient (Wildman–Crippen LogP) is 2.45. The van der Waals surface area contributed by atoms with E-state index in [2.05, 4.69) is 10.6 Å². The van der Waals surface area contributed by atoms with Crippen LogP contribution < -0.4 is 15.5 Å². The first kappa shape index (κ1) is 24.6. The van der Waals surface area contributed by atoms with Gasteiger partial charge < -0.3 is 25.5 Å². The van der Waals surface area contributed by atoms with Gasteiger partial charge in [0.2, 0.25) is 0 Å². The second kappa shape index (κ2) is 9.99. The summed E-state index contributed by atoms with van der Waals surface area (Å²) in [6.45, 7) is 0.753. The first-order valence-electron chi connectivity index (χ1n) is 11.5. The SMILES string of the molecule is CN1c2ccc(F)cc2C(=O)CC12CCN(C(=O)NCc1ccc(F)c(C(=O)NCCO)c1)CC2. The lowest BCUT2D eigenvalue weighted by molar-refractivity contribution is 0.0888. The van der Waals surface area contributed by atoms with E-state index in [0.717, 1.165) is 0 Å². The molecule has 2 aromatic rings. The van der Waals surface area contributed by atoms with Gasteiger partial charge in [0.05, 0.1) is 17.7 Å². The molecule has 0 aromatic heterocycles. The van der Waals surface area contributed by atoms with Crippen LogP contribution in [0.4, 0.5) is 19.3 Å². The third-order valence-electron chi connectivity index (χ3n) is 6.92. The standard InChI is InChI=1S/C25H28F2N4O4/c1-30-21-5-3-17(26)13-19(21)22(33)14-25(30)6-9-31(10-7-25)24(35)29-15-16-2-4-20(27)18(12-16)23(34)28-8-11-32/h2-5,12-13,32H,6-11,14-15H2,1H3,(H,28,34)(H,29,35). The summed E-state index contributed by atoms with van der Waals surface area (Å²) >= 11 is 0. The maximum absolute atomic E-state index is 14.0. The highest BCUT2D eigenvalue weighted by Gasteiger charge is 2.45. The molecule has 1 saturated heterocycles. The number of halogens is 2. The zero-order valence-electron chi connectivity index (χ0n) is 19.4. The number of likely N-dealkylation sites (tertiary alicyclic amines) is 1. The van der Waals surface area contributed by atoms with Crippen molar-refractivity contribution in [1.82, 2.24) is 15.5 Å². The number of benzene rings is 2. The summed E-state index contributed by atoms with van der Waals surface area (Å²) in [7, 11) is 1.90. The molecule has 1 spiro atoms. The average Bonchev–Trinajstić information content (AvgIpc) is 2.85. The Kier molecular flexibility index (Phi) is 7.02. The first-order chi connectivity index (χ1) is 16.7. The number of rotatable bonds is 5. The molecule has 1 fully saturated rings. The van der Waals surface area contributed by atoms with Crippen LogP contribution in [0.25, 0.3) is 0 Å². The van der Waals surface area contributed by atoms with Crippen molar-refractivity contribution in [2.45, 2.75) is 31.3 Å². The Morgan fingerprint density at radius 2 is 1.83 bits per heavy atom. The molecule has 2 aliphatic rings. The molecule has 0 saturated carbocycles. The van der Waals surface area contributed by atoms with E-state index in [1.165, 1.54) is 30.3 Å². The maximum atomic E-state index is 14.0. The van der Waals surface area contributed by atoms with Gasteiger partial charge in [-0.1, -0.05) is 6.07 Å². The number of ketones is 1. The topological polar surface area (TPSA) is 102 Å². The fraction of sp³-hybridized carbons (Fsp3) is 0.400. The highest BCUT2D eigenvalue weighted by molar-refractivity contribution is 6.04. The van der Waals surface area contributed by atoms with Crippen LogP contribution in [0.15, 0.2) is 36.4 Å². The number of carbonyl (C=O) groups excluding carboxylic acids is 3. The lowest BCUT2D eigenvalue weighted by atomic mass is 9.77. The molecule has 2 aromatic carbocycles. The van der Waals surface area contributed by atoms with Crippen LogP contribution in [0.3, 0.4) is 0 Å². The van der Waals surface area contributed by atoms with Gasteiger partial charge in [-0.2, -0.15) is 0 Å². The summed E-state index contributed by atoms with van der Waals surface area (Å²) in [4.78, 5) is 41.3. The third kappa shape index (κ3) is 4.97. The van der Waals surface area contributed by atoms with E-state index < -0.39 is 23.1 Å². The van der Waals surface area contributed by atoms with Crippen molar-refractivity contribution in [3.05, 3.63) is 64.7 Å². The van der Waals surface area contributed by atoms with E-state index in [1.807, 2.05) is 11.9 Å². The van der Waals surface area contributed by atoms with Crippen molar-refractivity contribution in [2.75, 3.05) is 38.2 Å². The monoisotopic (exact) mass is 486 g/mol. The third-order valence-corrected chi connectivity index (χ3v) is 6.92. The highest BCUT2D eigenvalue weighted by Crippen LogP contribution is 2.41. The minimum Gasteiger partial charge on any atom is -0.395 e. The molecule has 2 heterocycles. The number of carbonyl (C=O) groups is 3. The average molecular weight is 487 g/mol. The summed E-state index contributed by atoms with van der Waals surface area (Å²) in [5.41, 5.74) is 1.07. The Balaban J connectivity index is 1.36. The van der Waals surface area contributed by atoms with E-state index >= 15 is 0 Å². The number of amides is 3. The summed E-state index contributed by atoms with van der Waals surface area (Å²) in [6.07, 6.45) is 1.45. The molecule has 0 atom stereocenters. The van der Waals surface area contributed by atoms with E-state index in [9.17, 15) is 23.2 Å². The van der Waals surface area contributed by atoms with E-state index in [4.69, 9.17) is 5.11 Å². The maximum Gasteiger partial charge on any atom is 0.317 e. The Hall–Kier alpha value is -3.53. The highest BCUT2D eigenvalue weighted by atomic mass is 19.1. The summed E-state index contributed by atoms with van der Waals surface area (Å²) in [5.74, 6) is -1.86. The van der Waals surface area contributed by atoms with E-state index in [-0.39, 0.29) is 43.5 Å². The number of nitrogens with zero attached hydrogens (tertiary/aromatic N) is 2. The smallest absolute Gasteiger partial charge is 0.317 e. The van der Waals surface area contributed by atoms with Gasteiger partial charge in [0, 0.05) is 50.9 Å². The molecule has 4 rings (SSSR count). The van der Waals surface area contributed by atoms with Crippen LogP contribution in [-0.4, -0.2) is 66.6 Å². The van der Waals surface area contributed by atoms with Gasteiger partial charge in [0.1, 0.15) is 11.6 Å². The van der Waals surface area contributed by atoms with Crippen molar-refractivity contribution in [3.63, 3.8) is 0 Å². The van der Waals surface area contributed by atoms with Crippen LogP contribution in [0, 0.1) is 11.6 Å². The molecule has 3 amide bonds. The largest absolute Gasteiger partial charge is 0.395 e. The van der Waals surface area contributed by atoms with Gasteiger partial charge in [-0.15, -0.1) is 0 Å². The lowest BCUT2D eigenvalue weighted by Crippen LogP contribution is -2.59. The van der Waals surface area contributed by atoms with Crippen molar-refractivity contribution in [1.29, 1.82) is 0 Å². The summed E-state index contributed by atoms with van der Waals surface area (Å²) < 4.78 is 27.6. The number of aliphatic hydroxyl groups excluding tert-OH is 1. The molecule has 0 bridgehead atoms. The Morgan fingerprint density at radius 3 is 2.54 bits per heavy atom. The fourth-order valence-corrected chi connectivity index (χ4v) is 4.84. The van der Waals surface area contributed by atoms with Gasteiger partial charge in [0.15, 0.2) is 5.78 Å². The van der Waals surface area contributed by atoms with Gasteiger partial charge in [-0.3, -0.25) is 9.59 Å². The van der Waals surface area contributed by atoms with Crippen LogP contribution in [-0.2, 0) is 6.54 Å². The summed E-state index contributed by atoms with van der Waals surface area (Å²) in [5, 5.41) is 14.0. The lowest BCUT2D eigenvalue weighted by Gasteiger charge is -2.50. The van der Waals surface area contributed by atoms with Crippen molar-refractivity contribution in [3.8, 4) is 0 Å². The zero-order valence-corrected chi connectivity index (χ0v) is 19.4. The molecule has 186 valence electrons. The predicted molar refractivity (Wildman–Crippen MR) is 125 cm³/mol. The molecule has 0 aliphatic carbocycles. The minimum atomic E-state index is -0.688. The number of anilines is 1. The van der Waals surface area contributed by atoms with Gasteiger partial charge in [0.25, 0.3) is 5.91 Å². The number of aliphatic hydroxyl groups is 1. The molecular weight excluding hydrogens is 458 g/mol.